The molecule has 0 fully saturated rings. The molecule has 0 saturated heterocycles. The van der Waals surface area contributed by atoms with Crippen molar-refractivity contribution in [3.63, 3.8) is 0 Å². The Balaban J connectivity index is 2.38. The molecule has 0 radical (unpaired) electrons. The molecule has 21 heavy (non-hydrogen) atoms. The number of nitrogens with one attached hydrogen (secondary N) is 1. The first-order valence-corrected chi connectivity index (χ1v) is 7.42. The maximum Gasteiger partial charge on any atom is 0.153 e. The van der Waals surface area contributed by atoms with Crippen molar-refractivity contribution < 1.29 is 0 Å². The van der Waals surface area contributed by atoms with E-state index in [0.29, 0.717) is 0 Å². The molecule has 2 heterocycles. The van der Waals surface area contributed by atoms with Crippen molar-refractivity contribution in [2.24, 2.45) is 0 Å². The summed E-state index contributed by atoms with van der Waals surface area (Å²) in [4.78, 5) is 4.76. The maximum absolute atomic E-state index is 4.76. The van der Waals surface area contributed by atoms with Crippen LogP contribution < -0.4 is 5.32 Å². The van der Waals surface area contributed by atoms with Gasteiger partial charge < -0.3 is 5.32 Å². The lowest BCUT2D eigenvalue weighted by Gasteiger charge is -2.23. The van der Waals surface area contributed by atoms with Crippen molar-refractivity contribution in [1.82, 2.24) is 20.1 Å². The van der Waals surface area contributed by atoms with Crippen LogP contribution >= 0.6 is 0 Å². The van der Waals surface area contributed by atoms with E-state index in [4.69, 9.17) is 4.98 Å². The van der Waals surface area contributed by atoms with E-state index < -0.39 is 0 Å². The predicted octanol–water partition coefficient (Wildman–Crippen LogP) is 3.45. The maximum atomic E-state index is 4.76. The monoisotopic (exact) mass is 286 g/mol. The van der Waals surface area contributed by atoms with Crippen LogP contribution in [0.4, 0.5) is 0 Å². The van der Waals surface area contributed by atoms with E-state index in [1.54, 1.807) is 6.20 Å². The summed E-state index contributed by atoms with van der Waals surface area (Å²) in [6.45, 7) is 13.9. The van der Waals surface area contributed by atoms with Gasteiger partial charge in [-0.05, 0) is 44.5 Å². The van der Waals surface area contributed by atoms with Gasteiger partial charge in [0.15, 0.2) is 5.82 Å². The van der Waals surface area contributed by atoms with Crippen LogP contribution in [0.25, 0.3) is 5.82 Å². The minimum absolute atomic E-state index is 0.0135. The second kappa shape index (κ2) is 5.60. The van der Waals surface area contributed by atoms with Crippen LogP contribution in [0.1, 0.15) is 52.8 Å². The lowest BCUT2D eigenvalue weighted by atomic mass is 9.90. The fraction of sp³-hybridized carbons (Fsp3) is 0.529. The predicted molar refractivity (Wildman–Crippen MR) is 86.7 cm³/mol. The Hall–Kier alpha value is -1.68. The molecule has 4 nitrogen and oxygen atoms in total. The average Bonchev–Trinajstić information content (AvgIpc) is 2.88. The van der Waals surface area contributed by atoms with Crippen LogP contribution in [0, 0.1) is 0 Å². The van der Waals surface area contributed by atoms with Gasteiger partial charge in [-0.2, -0.15) is 5.10 Å². The highest BCUT2D eigenvalue weighted by Gasteiger charge is 2.18. The molecule has 0 amide bonds. The van der Waals surface area contributed by atoms with Gasteiger partial charge >= 0.3 is 0 Å². The molecule has 0 unspecified atom stereocenters. The Labute approximate surface area is 127 Å². The molecule has 0 aliphatic carbocycles. The zero-order valence-corrected chi connectivity index (χ0v) is 13.9. The van der Waals surface area contributed by atoms with Gasteiger partial charge in [-0.1, -0.05) is 20.8 Å². The lowest BCUT2D eigenvalue weighted by Crippen LogP contribution is -2.35. The zero-order valence-electron chi connectivity index (χ0n) is 13.9. The molecule has 4 heteroatoms. The minimum atomic E-state index is 0.0135. The van der Waals surface area contributed by atoms with E-state index in [9.17, 15) is 0 Å². The third kappa shape index (κ3) is 4.39. The van der Waals surface area contributed by atoms with Crippen LogP contribution in [0.5, 0.6) is 0 Å². The normalized spacial score (nSPS) is 12.7. The lowest BCUT2D eigenvalue weighted by molar-refractivity contribution is 0.423. The van der Waals surface area contributed by atoms with Crippen LogP contribution in [-0.4, -0.2) is 20.3 Å². The first-order chi connectivity index (χ1) is 9.65. The summed E-state index contributed by atoms with van der Waals surface area (Å²) in [6.07, 6.45) is 3.70. The van der Waals surface area contributed by atoms with Gasteiger partial charge in [0.2, 0.25) is 0 Å². The van der Waals surface area contributed by atoms with E-state index >= 15 is 0 Å². The molecule has 0 aliphatic rings. The third-order valence-electron chi connectivity index (χ3n) is 3.20. The van der Waals surface area contributed by atoms with Gasteiger partial charge in [0.05, 0.1) is 0 Å². The number of hydrogen-bond acceptors (Lipinski definition) is 3. The second-order valence-electron chi connectivity index (χ2n) is 7.52. The highest BCUT2D eigenvalue weighted by atomic mass is 15.3. The third-order valence-corrected chi connectivity index (χ3v) is 3.20. The van der Waals surface area contributed by atoms with Gasteiger partial charge in [0.25, 0.3) is 0 Å². The van der Waals surface area contributed by atoms with Crippen LogP contribution in [0.2, 0.25) is 0 Å². The summed E-state index contributed by atoms with van der Waals surface area (Å²) in [5, 5.41) is 7.83. The second-order valence-corrected chi connectivity index (χ2v) is 7.52. The molecule has 1 N–H and O–H groups in total. The summed E-state index contributed by atoms with van der Waals surface area (Å²) < 4.78 is 1.82. The molecule has 0 aromatic carbocycles. The molecular weight excluding hydrogens is 260 g/mol. The molecule has 0 spiro atoms. The molecule has 2 aromatic rings. The molecule has 0 aliphatic heterocycles. The average molecular weight is 286 g/mol. The Morgan fingerprint density at radius 2 is 1.81 bits per heavy atom. The van der Waals surface area contributed by atoms with Crippen molar-refractivity contribution >= 4 is 0 Å². The van der Waals surface area contributed by atoms with Gasteiger partial charge in [-0.3, -0.25) is 0 Å². The number of hydrogen-bond donors (Lipinski definition) is 1. The zero-order chi connectivity index (χ0) is 15.7. The standard InChI is InChI=1S/C17H26N4/c1-16(2,3)14-10-13(12-18-17(4,5)6)11-15(20-14)21-9-7-8-19-21/h7-11,18H,12H2,1-6H3. The van der Waals surface area contributed by atoms with Crippen molar-refractivity contribution in [1.29, 1.82) is 0 Å². The highest BCUT2D eigenvalue weighted by molar-refractivity contribution is 5.33. The summed E-state index contributed by atoms with van der Waals surface area (Å²) >= 11 is 0. The minimum Gasteiger partial charge on any atom is -0.308 e. The van der Waals surface area contributed by atoms with E-state index in [-0.39, 0.29) is 11.0 Å². The summed E-state index contributed by atoms with van der Waals surface area (Å²) in [7, 11) is 0. The quantitative estimate of drug-likeness (QED) is 0.939. The van der Waals surface area contributed by atoms with Crippen LogP contribution in [-0.2, 0) is 12.0 Å². The van der Waals surface area contributed by atoms with E-state index in [0.717, 1.165) is 18.1 Å². The van der Waals surface area contributed by atoms with Crippen molar-refractivity contribution in [2.75, 3.05) is 0 Å². The topological polar surface area (TPSA) is 42.7 Å². The van der Waals surface area contributed by atoms with Gasteiger partial charge in [-0.15, -0.1) is 0 Å². The Morgan fingerprint density at radius 1 is 1.10 bits per heavy atom. The highest BCUT2D eigenvalue weighted by Crippen LogP contribution is 2.23. The van der Waals surface area contributed by atoms with Crippen molar-refractivity contribution in [3.8, 4) is 5.82 Å². The Kier molecular flexibility index (Phi) is 4.19. The Bertz CT molecular complexity index is 586. The van der Waals surface area contributed by atoms with Gasteiger partial charge in [-0.25, -0.2) is 9.67 Å². The van der Waals surface area contributed by atoms with Gasteiger partial charge in [0.1, 0.15) is 0 Å². The van der Waals surface area contributed by atoms with Crippen LogP contribution in [0.15, 0.2) is 30.6 Å². The van der Waals surface area contributed by atoms with Gasteiger partial charge in [0, 0.05) is 35.6 Å². The molecule has 2 rings (SSSR count). The largest absolute Gasteiger partial charge is 0.308 e. The molecule has 0 bridgehead atoms. The van der Waals surface area contributed by atoms with E-state index in [2.05, 4.69) is 64.1 Å². The Morgan fingerprint density at radius 3 is 2.33 bits per heavy atom. The summed E-state index contributed by atoms with van der Waals surface area (Å²) in [6, 6.07) is 6.20. The molecular formula is C17H26N4. The van der Waals surface area contributed by atoms with Crippen LogP contribution in [0.3, 0.4) is 0 Å². The van der Waals surface area contributed by atoms with E-state index in [1.807, 2.05) is 16.9 Å². The number of rotatable bonds is 3. The summed E-state index contributed by atoms with van der Waals surface area (Å²) in [5.74, 6) is 0.873. The molecule has 0 atom stereocenters. The number of nitrogens with zero attached hydrogens (tertiary/aromatic N) is 3. The molecule has 0 saturated carbocycles. The van der Waals surface area contributed by atoms with Crippen molar-refractivity contribution in [2.45, 2.75) is 59.0 Å². The molecule has 114 valence electrons. The SMILES string of the molecule is CC(C)(C)NCc1cc(-n2cccn2)nc(C(C)(C)C)c1. The number of aromatic nitrogens is 3. The molecule has 2 aromatic heterocycles. The fourth-order valence-electron chi connectivity index (χ4n) is 1.95. The fourth-order valence-corrected chi connectivity index (χ4v) is 1.95. The van der Waals surface area contributed by atoms with E-state index in [1.165, 1.54) is 5.56 Å². The smallest absolute Gasteiger partial charge is 0.153 e. The first kappa shape index (κ1) is 15.7. The summed E-state index contributed by atoms with van der Waals surface area (Å²) in [5.41, 5.74) is 2.42. The number of pyridine rings is 1. The van der Waals surface area contributed by atoms with Crippen molar-refractivity contribution in [3.05, 3.63) is 41.9 Å². The first-order valence-electron chi connectivity index (χ1n) is 7.42.